The summed E-state index contributed by atoms with van der Waals surface area (Å²) in [6.45, 7) is 7.40. The fourth-order valence-electron chi connectivity index (χ4n) is 2.07. The molecule has 2 nitrogen and oxygen atoms in total. The number of carboxylic acids is 1. The second-order valence-corrected chi connectivity index (χ2v) is 5.97. The first-order valence-corrected chi connectivity index (χ1v) is 7.75. The molecule has 0 bridgehead atoms. The number of allylic oxidation sites excluding steroid dienone is 4. The molecule has 1 aromatic carbocycles. The van der Waals surface area contributed by atoms with Crippen LogP contribution in [-0.4, -0.2) is 11.1 Å². The minimum Gasteiger partial charge on any atom is -0.481 e. The van der Waals surface area contributed by atoms with Crippen LogP contribution < -0.4 is 0 Å². The highest BCUT2D eigenvalue weighted by Crippen LogP contribution is 2.29. The molecule has 0 aromatic heterocycles. The van der Waals surface area contributed by atoms with E-state index in [1.807, 2.05) is 18.2 Å². The van der Waals surface area contributed by atoms with Crippen molar-refractivity contribution in [2.45, 2.75) is 52.4 Å². The minimum absolute atomic E-state index is 0.371. The van der Waals surface area contributed by atoms with Crippen LogP contribution in [0.3, 0.4) is 0 Å². The molecule has 0 radical (unpaired) electrons. The molecule has 0 saturated carbocycles. The van der Waals surface area contributed by atoms with Gasteiger partial charge in [0.2, 0.25) is 0 Å². The second-order valence-electron chi connectivity index (χ2n) is 5.97. The van der Waals surface area contributed by atoms with Crippen LogP contribution in [0, 0.1) is 5.82 Å². The van der Waals surface area contributed by atoms with Crippen LogP contribution in [0.5, 0.6) is 0 Å². The van der Waals surface area contributed by atoms with E-state index in [4.69, 9.17) is 5.11 Å². The second kappa shape index (κ2) is 7.92. The van der Waals surface area contributed by atoms with Gasteiger partial charge in [-0.1, -0.05) is 50.6 Å². The van der Waals surface area contributed by atoms with Gasteiger partial charge >= 0.3 is 5.97 Å². The quantitative estimate of drug-likeness (QED) is 0.818. The van der Waals surface area contributed by atoms with Crippen LogP contribution in [0.15, 0.2) is 36.4 Å². The molecule has 0 atom stereocenters. The zero-order valence-electron chi connectivity index (χ0n) is 13.8. The van der Waals surface area contributed by atoms with Crippen LogP contribution in [0.2, 0.25) is 0 Å². The molecule has 3 heteroatoms. The van der Waals surface area contributed by atoms with Gasteiger partial charge in [-0.05, 0) is 43.9 Å². The Kier molecular flexibility index (Phi) is 6.54. The third kappa shape index (κ3) is 4.30. The summed E-state index contributed by atoms with van der Waals surface area (Å²) in [6.07, 6.45) is 9.07. The molecule has 0 heterocycles. The minimum atomic E-state index is -1.09. The van der Waals surface area contributed by atoms with E-state index in [1.165, 1.54) is 12.5 Å². The van der Waals surface area contributed by atoms with Crippen molar-refractivity contribution in [3.05, 3.63) is 53.4 Å². The number of carbonyl (C=O) groups is 1. The van der Waals surface area contributed by atoms with Crippen LogP contribution in [-0.2, 0) is 10.2 Å². The molecule has 0 saturated heterocycles. The van der Waals surface area contributed by atoms with E-state index in [0.29, 0.717) is 11.1 Å². The Bertz CT molecular complexity index is 583. The van der Waals surface area contributed by atoms with Crippen LogP contribution >= 0.6 is 0 Å². The molecule has 120 valence electrons. The fraction of sp³-hybridized carbons (Fsp3) is 0.421. The molecule has 1 aliphatic rings. The number of hydrogen-bond donors (Lipinski definition) is 1. The van der Waals surface area contributed by atoms with Gasteiger partial charge in [0.15, 0.2) is 0 Å². The fourth-order valence-corrected chi connectivity index (χ4v) is 2.07. The Balaban J connectivity index is 0.000000745. The summed E-state index contributed by atoms with van der Waals surface area (Å²) in [7, 11) is 0. The molecular weight excluding hydrogens is 279 g/mol. The number of carboxylic acid groups (broad SMARTS) is 1. The Morgan fingerprint density at radius 2 is 1.91 bits per heavy atom. The van der Waals surface area contributed by atoms with Crippen LogP contribution in [0.25, 0.3) is 5.57 Å². The smallest absolute Gasteiger partial charge is 0.313 e. The normalized spacial score (nSPS) is 14.0. The van der Waals surface area contributed by atoms with Crippen molar-refractivity contribution in [1.82, 2.24) is 0 Å². The van der Waals surface area contributed by atoms with Crippen molar-refractivity contribution in [2.24, 2.45) is 0 Å². The monoisotopic (exact) mass is 304 g/mol. The molecule has 2 rings (SSSR count). The summed E-state index contributed by atoms with van der Waals surface area (Å²) < 4.78 is 14.2. The van der Waals surface area contributed by atoms with Gasteiger partial charge in [-0.25, -0.2) is 4.39 Å². The molecule has 0 spiro atoms. The van der Waals surface area contributed by atoms with Crippen molar-refractivity contribution in [2.75, 3.05) is 0 Å². The first-order chi connectivity index (χ1) is 10.3. The van der Waals surface area contributed by atoms with Gasteiger partial charge in [-0.15, -0.1) is 0 Å². The maximum atomic E-state index is 14.2. The van der Waals surface area contributed by atoms with Gasteiger partial charge < -0.3 is 5.11 Å². The lowest BCUT2D eigenvalue weighted by Crippen LogP contribution is -2.28. The molecule has 0 unspecified atom stereocenters. The lowest BCUT2D eigenvalue weighted by molar-refractivity contribution is -0.142. The first kappa shape index (κ1) is 18.1. The van der Waals surface area contributed by atoms with Gasteiger partial charge in [-0.3, -0.25) is 4.79 Å². The average molecular weight is 304 g/mol. The Morgan fingerprint density at radius 1 is 1.27 bits per heavy atom. The number of halogens is 1. The third-order valence-corrected chi connectivity index (χ3v) is 3.53. The van der Waals surface area contributed by atoms with E-state index in [1.54, 1.807) is 26.0 Å². The van der Waals surface area contributed by atoms with Crippen molar-refractivity contribution >= 4 is 11.5 Å². The molecule has 1 aromatic rings. The number of aliphatic carboxylic acids is 1. The van der Waals surface area contributed by atoms with Crippen molar-refractivity contribution in [3.63, 3.8) is 0 Å². The van der Waals surface area contributed by atoms with E-state index >= 15 is 0 Å². The number of hydrogen-bond acceptors (Lipinski definition) is 1. The average Bonchev–Trinajstić information content (AvgIpc) is 2.48. The van der Waals surface area contributed by atoms with E-state index < -0.39 is 11.4 Å². The van der Waals surface area contributed by atoms with Gasteiger partial charge in [-0.2, -0.15) is 0 Å². The van der Waals surface area contributed by atoms with Crippen molar-refractivity contribution in [1.29, 1.82) is 0 Å². The summed E-state index contributed by atoms with van der Waals surface area (Å²) in [5.74, 6) is -1.33. The standard InChI is InChI=1S/C16H17FO2.C3H8/c1-16(2,15(18)19)12-8-9-13(14(17)10-12)11-6-4-3-5-7-11;1-3-2/h4,6-10H,3,5H2,1-2H3,(H,18,19);3H2,1-2H3. The molecule has 1 aliphatic carbocycles. The van der Waals surface area contributed by atoms with Gasteiger partial charge in [0.05, 0.1) is 5.41 Å². The van der Waals surface area contributed by atoms with E-state index in [0.717, 1.165) is 18.4 Å². The number of benzene rings is 1. The molecular formula is C19H25FO2. The Labute approximate surface area is 132 Å². The number of rotatable bonds is 3. The van der Waals surface area contributed by atoms with E-state index in [9.17, 15) is 9.18 Å². The summed E-state index contributed by atoms with van der Waals surface area (Å²) in [4.78, 5) is 11.2. The van der Waals surface area contributed by atoms with E-state index in [-0.39, 0.29) is 5.82 Å². The third-order valence-electron chi connectivity index (χ3n) is 3.53. The SMILES string of the molecule is CC(C)(C(=O)O)c1ccc(C2=CCCC=C2)c(F)c1.CCC. The highest BCUT2D eigenvalue weighted by Gasteiger charge is 2.30. The largest absolute Gasteiger partial charge is 0.481 e. The molecule has 0 amide bonds. The van der Waals surface area contributed by atoms with Gasteiger partial charge in [0, 0.05) is 5.56 Å². The lowest BCUT2D eigenvalue weighted by atomic mass is 9.83. The van der Waals surface area contributed by atoms with E-state index in [2.05, 4.69) is 13.8 Å². The van der Waals surface area contributed by atoms with Crippen molar-refractivity contribution in [3.8, 4) is 0 Å². The first-order valence-electron chi connectivity index (χ1n) is 7.75. The molecule has 1 N–H and O–H groups in total. The lowest BCUT2D eigenvalue weighted by Gasteiger charge is -2.20. The molecule has 0 aliphatic heterocycles. The zero-order chi connectivity index (χ0) is 16.8. The van der Waals surface area contributed by atoms with Gasteiger partial charge in [0.1, 0.15) is 5.82 Å². The zero-order valence-corrected chi connectivity index (χ0v) is 13.8. The Morgan fingerprint density at radius 3 is 2.36 bits per heavy atom. The van der Waals surface area contributed by atoms with Gasteiger partial charge in [0.25, 0.3) is 0 Å². The topological polar surface area (TPSA) is 37.3 Å². The predicted octanol–water partition coefficient (Wildman–Crippen LogP) is 5.34. The van der Waals surface area contributed by atoms with Crippen LogP contribution in [0.1, 0.15) is 58.1 Å². The van der Waals surface area contributed by atoms with Crippen molar-refractivity contribution < 1.29 is 14.3 Å². The summed E-state index contributed by atoms with van der Waals surface area (Å²) in [5.41, 5.74) is 0.779. The summed E-state index contributed by atoms with van der Waals surface area (Å²) in [6, 6.07) is 4.68. The maximum absolute atomic E-state index is 14.2. The predicted molar refractivity (Wildman–Crippen MR) is 89.4 cm³/mol. The highest BCUT2D eigenvalue weighted by atomic mass is 19.1. The summed E-state index contributed by atoms with van der Waals surface area (Å²) >= 11 is 0. The molecule has 0 fully saturated rings. The Hall–Kier alpha value is -1.90. The molecule has 22 heavy (non-hydrogen) atoms. The maximum Gasteiger partial charge on any atom is 0.313 e. The van der Waals surface area contributed by atoms with Crippen LogP contribution in [0.4, 0.5) is 4.39 Å². The highest BCUT2D eigenvalue weighted by molar-refractivity contribution is 5.81. The summed E-state index contributed by atoms with van der Waals surface area (Å²) in [5, 5.41) is 9.16.